The zero-order chi connectivity index (χ0) is 27.1. The summed E-state index contributed by atoms with van der Waals surface area (Å²) in [5.41, 5.74) is 16.8. The van der Waals surface area contributed by atoms with Crippen molar-refractivity contribution in [2.24, 2.45) is 5.73 Å². The third kappa shape index (κ3) is 7.79. The van der Waals surface area contributed by atoms with Crippen LogP contribution >= 0.6 is 0 Å². The number of aryl methyl sites for hydroxylation is 1. The molecule has 0 fully saturated rings. The molecule has 2 aromatic carbocycles. The summed E-state index contributed by atoms with van der Waals surface area (Å²) in [5, 5.41) is 3.49. The summed E-state index contributed by atoms with van der Waals surface area (Å²) in [5.74, 6) is 2.25. The van der Waals surface area contributed by atoms with E-state index in [1.807, 2.05) is 26.0 Å². The van der Waals surface area contributed by atoms with Crippen molar-refractivity contribution in [1.82, 2.24) is 0 Å². The summed E-state index contributed by atoms with van der Waals surface area (Å²) in [6.45, 7) is 20.9. The fourth-order valence-corrected chi connectivity index (χ4v) is 4.05. The summed E-state index contributed by atoms with van der Waals surface area (Å²) in [6.07, 6.45) is 14.3. The zero-order valence-electron chi connectivity index (χ0n) is 22.9. The SMILES string of the molecule is C#CC.C=C(/C=C/C(CC)=C(/C=C\N)CC)C1=C(c2ccccc2)c2cc(C)ccc2NC1=C.CC. The Kier molecular flexibility index (Phi) is 13.2. The molecule has 3 N–H and O–H groups in total. The van der Waals surface area contributed by atoms with E-state index in [-0.39, 0.29) is 0 Å². The smallest absolute Gasteiger partial charge is 0.0464 e. The molecule has 0 saturated heterocycles. The van der Waals surface area contributed by atoms with Crippen LogP contribution < -0.4 is 11.1 Å². The number of terminal acetylenes is 1. The van der Waals surface area contributed by atoms with Gasteiger partial charge >= 0.3 is 0 Å². The van der Waals surface area contributed by atoms with E-state index in [1.165, 1.54) is 22.3 Å². The first-order valence-electron chi connectivity index (χ1n) is 12.6. The maximum Gasteiger partial charge on any atom is 0.0464 e. The number of rotatable bonds is 7. The number of hydrogen-bond acceptors (Lipinski definition) is 2. The van der Waals surface area contributed by atoms with Gasteiger partial charge in [0.15, 0.2) is 0 Å². The summed E-state index contributed by atoms with van der Waals surface area (Å²) in [6, 6.07) is 17.0. The highest BCUT2D eigenvalue weighted by molar-refractivity contribution is 5.96. The van der Waals surface area contributed by atoms with E-state index >= 15 is 0 Å². The minimum atomic E-state index is 0.865. The quantitative estimate of drug-likeness (QED) is 0.307. The van der Waals surface area contributed by atoms with Gasteiger partial charge in [0.2, 0.25) is 0 Å². The van der Waals surface area contributed by atoms with Crippen LogP contribution in [-0.4, -0.2) is 0 Å². The van der Waals surface area contributed by atoms with Crippen LogP contribution in [-0.2, 0) is 0 Å². The van der Waals surface area contributed by atoms with E-state index < -0.39 is 0 Å². The molecule has 0 spiro atoms. The molecule has 2 nitrogen and oxygen atoms in total. The van der Waals surface area contributed by atoms with Gasteiger partial charge in [-0.25, -0.2) is 0 Å². The van der Waals surface area contributed by atoms with Crippen molar-refractivity contribution in [1.29, 1.82) is 0 Å². The van der Waals surface area contributed by atoms with Crippen LogP contribution in [0, 0.1) is 19.3 Å². The van der Waals surface area contributed by atoms with Crippen LogP contribution in [0.3, 0.4) is 0 Å². The Hall–Kier alpha value is -3.96. The predicted octanol–water partition coefficient (Wildman–Crippen LogP) is 9.10. The molecule has 0 unspecified atom stereocenters. The standard InChI is InChI=1S/C29H32N2.C3H4.C2H6/c1-6-23(24(7-2)17-18-30)15-14-21(4)28-22(5)31-27-16-13-20(3)19-26(27)29(28)25-11-9-8-10-12-25;1-3-2;1-2/h8-19,31H,4-7,30H2,1-3H3;1H,2H3;1-2H3/b15-14+,18-17-,24-23+;;. The number of allylic oxidation sites excluding steroid dienone is 6. The lowest BCUT2D eigenvalue weighted by Gasteiger charge is -2.28. The molecule has 1 heterocycles. The number of hydrogen-bond donors (Lipinski definition) is 2. The normalized spacial score (nSPS) is 13.0. The summed E-state index contributed by atoms with van der Waals surface area (Å²) < 4.78 is 0. The second kappa shape index (κ2) is 15.8. The highest BCUT2D eigenvalue weighted by atomic mass is 14.9. The van der Waals surface area contributed by atoms with Gasteiger partial charge < -0.3 is 11.1 Å². The zero-order valence-corrected chi connectivity index (χ0v) is 22.9. The molecule has 0 atom stereocenters. The molecule has 1 aliphatic heterocycles. The largest absolute Gasteiger partial charge is 0.405 e. The molecular formula is C34H42N2. The van der Waals surface area contributed by atoms with Crippen LogP contribution in [0.25, 0.3) is 5.57 Å². The second-order valence-electron chi connectivity index (χ2n) is 8.03. The minimum Gasteiger partial charge on any atom is -0.405 e. The van der Waals surface area contributed by atoms with Crippen LogP contribution in [0.5, 0.6) is 0 Å². The van der Waals surface area contributed by atoms with Crippen molar-refractivity contribution < 1.29 is 0 Å². The van der Waals surface area contributed by atoms with Crippen LogP contribution in [0.15, 0.2) is 114 Å². The molecule has 0 bridgehead atoms. The average molecular weight is 479 g/mol. The molecule has 188 valence electrons. The summed E-state index contributed by atoms with van der Waals surface area (Å²) in [7, 11) is 0. The predicted molar refractivity (Wildman–Crippen MR) is 161 cm³/mol. The van der Waals surface area contributed by atoms with Crippen molar-refractivity contribution in [3.05, 3.63) is 131 Å². The molecule has 3 rings (SSSR count). The third-order valence-electron chi connectivity index (χ3n) is 5.62. The topological polar surface area (TPSA) is 38.0 Å². The molecule has 0 saturated carbocycles. The first-order chi connectivity index (χ1) is 17.4. The van der Waals surface area contributed by atoms with Crippen LogP contribution in [0.1, 0.15) is 64.2 Å². The van der Waals surface area contributed by atoms with Gasteiger partial charge in [-0.1, -0.05) is 95.0 Å². The first kappa shape index (κ1) is 30.1. The van der Waals surface area contributed by atoms with E-state index in [0.717, 1.165) is 46.5 Å². The van der Waals surface area contributed by atoms with Crippen LogP contribution in [0.4, 0.5) is 5.69 Å². The maximum absolute atomic E-state index is 5.64. The number of anilines is 1. The van der Waals surface area contributed by atoms with Gasteiger partial charge in [-0.3, -0.25) is 0 Å². The number of nitrogens with one attached hydrogen (secondary N) is 1. The van der Waals surface area contributed by atoms with E-state index in [0.29, 0.717) is 0 Å². The van der Waals surface area contributed by atoms with Crippen molar-refractivity contribution in [2.75, 3.05) is 5.32 Å². The molecule has 2 aromatic rings. The monoisotopic (exact) mass is 478 g/mol. The second-order valence-corrected chi connectivity index (χ2v) is 8.03. The van der Waals surface area contributed by atoms with E-state index in [1.54, 1.807) is 13.1 Å². The highest BCUT2D eigenvalue weighted by Gasteiger charge is 2.23. The Morgan fingerprint density at radius 2 is 1.58 bits per heavy atom. The lowest BCUT2D eigenvalue weighted by atomic mass is 9.84. The van der Waals surface area contributed by atoms with E-state index in [2.05, 4.69) is 106 Å². The Balaban J connectivity index is 0.00000120. The fourth-order valence-electron chi connectivity index (χ4n) is 4.05. The minimum absolute atomic E-state index is 0.865. The maximum atomic E-state index is 5.64. The van der Waals surface area contributed by atoms with Crippen LogP contribution in [0.2, 0.25) is 0 Å². The Morgan fingerprint density at radius 1 is 1.00 bits per heavy atom. The van der Waals surface area contributed by atoms with Gasteiger partial charge in [0.25, 0.3) is 0 Å². The number of benzene rings is 2. The Labute approximate surface area is 219 Å². The van der Waals surface area contributed by atoms with Gasteiger partial charge in [0.05, 0.1) is 0 Å². The summed E-state index contributed by atoms with van der Waals surface area (Å²) in [4.78, 5) is 0. The molecule has 0 radical (unpaired) electrons. The Bertz CT molecular complexity index is 1200. The third-order valence-corrected chi connectivity index (χ3v) is 5.62. The van der Waals surface area contributed by atoms with Gasteiger partial charge in [-0.05, 0) is 73.4 Å². The fraction of sp³-hybridized carbons (Fsp3) is 0.235. The number of fused-ring (bicyclic) bond motifs is 1. The van der Waals surface area contributed by atoms with E-state index in [4.69, 9.17) is 5.73 Å². The number of nitrogens with two attached hydrogens (primary N) is 1. The van der Waals surface area contributed by atoms with Gasteiger partial charge in [0.1, 0.15) is 0 Å². The summed E-state index contributed by atoms with van der Waals surface area (Å²) >= 11 is 0. The highest BCUT2D eigenvalue weighted by Crippen LogP contribution is 2.42. The van der Waals surface area contributed by atoms with Crippen molar-refractivity contribution in [3.8, 4) is 12.3 Å². The molecule has 0 amide bonds. The van der Waals surface area contributed by atoms with Crippen molar-refractivity contribution in [3.63, 3.8) is 0 Å². The van der Waals surface area contributed by atoms with Crippen molar-refractivity contribution >= 4 is 11.3 Å². The first-order valence-corrected chi connectivity index (χ1v) is 12.6. The molecule has 0 aliphatic carbocycles. The van der Waals surface area contributed by atoms with Gasteiger partial charge in [0, 0.05) is 28.1 Å². The molecular weight excluding hydrogens is 436 g/mol. The molecule has 36 heavy (non-hydrogen) atoms. The molecule has 0 aromatic heterocycles. The van der Waals surface area contributed by atoms with Gasteiger partial charge in [-0.2, -0.15) is 0 Å². The molecule has 2 heteroatoms. The van der Waals surface area contributed by atoms with Gasteiger partial charge in [-0.15, -0.1) is 12.3 Å². The average Bonchev–Trinajstić information content (AvgIpc) is 2.89. The van der Waals surface area contributed by atoms with E-state index in [9.17, 15) is 0 Å². The Morgan fingerprint density at radius 3 is 2.14 bits per heavy atom. The molecule has 1 aliphatic rings. The lowest BCUT2D eigenvalue weighted by Crippen LogP contribution is -2.13. The van der Waals surface area contributed by atoms with Crippen molar-refractivity contribution in [2.45, 2.75) is 54.4 Å². The lowest BCUT2D eigenvalue weighted by molar-refractivity contribution is 1.05.